The first-order valence-electron chi connectivity index (χ1n) is 10.5. The molecule has 2 aliphatic heterocycles. The summed E-state index contributed by atoms with van der Waals surface area (Å²) in [5.74, 6) is 0.914. The molecule has 3 heterocycles. The van der Waals surface area contributed by atoms with E-state index in [0.717, 1.165) is 48.6 Å². The molecule has 2 aromatic rings. The molecule has 0 unspecified atom stereocenters. The van der Waals surface area contributed by atoms with Gasteiger partial charge in [0.1, 0.15) is 12.4 Å². The van der Waals surface area contributed by atoms with Gasteiger partial charge in [0.2, 0.25) is 5.91 Å². The van der Waals surface area contributed by atoms with Crippen molar-refractivity contribution in [1.29, 1.82) is 0 Å². The predicted octanol–water partition coefficient (Wildman–Crippen LogP) is 3.27. The molecule has 1 N–H and O–H groups in total. The molecule has 1 saturated heterocycles. The lowest BCUT2D eigenvalue weighted by atomic mass is 10.0. The van der Waals surface area contributed by atoms with Gasteiger partial charge < -0.3 is 15.0 Å². The summed E-state index contributed by atoms with van der Waals surface area (Å²) in [6, 6.07) is 12.1. The number of ether oxygens (including phenoxy) is 1. The lowest BCUT2D eigenvalue weighted by molar-refractivity contribution is -0.120. The van der Waals surface area contributed by atoms with Gasteiger partial charge in [-0.25, -0.2) is 9.78 Å². The highest BCUT2D eigenvalue weighted by molar-refractivity contribution is 5.91. The maximum Gasteiger partial charge on any atom is 0.414 e. The minimum Gasteiger partial charge on any atom is -0.444 e. The lowest BCUT2D eigenvalue weighted by Gasteiger charge is -2.40. The molecule has 0 bridgehead atoms. The number of fused-ring (bicyclic) bond motifs is 1. The second-order valence-electron chi connectivity index (χ2n) is 8.20. The number of hydrogen-bond acceptors (Lipinski definition) is 5. The van der Waals surface area contributed by atoms with Crippen LogP contribution in [0.4, 0.5) is 16.3 Å². The van der Waals surface area contributed by atoms with Crippen molar-refractivity contribution in [2.75, 3.05) is 22.9 Å². The van der Waals surface area contributed by atoms with Gasteiger partial charge in [-0.2, -0.15) is 0 Å². The van der Waals surface area contributed by atoms with E-state index in [9.17, 15) is 9.59 Å². The Bertz CT molecular complexity index is 905. The average Bonchev–Trinajstić information content (AvgIpc) is 2.74. The van der Waals surface area contributed by atoms with Crippen LogP contribution in [0.15, 0.2) is 42.6 Å². The Morgan fingerprint density at radius 2 is 1.97 bits per heavy atom. The Hall–Kier alpha value is -3.09. The minimum absolute atomic E-state index is 0.00839. The van der Waals surface area contributed by atoms with Gasteiger partial charge in [0.05, 0.1) is 12.1 Å². The second-order valence-corrected chi connectivity index (χ2v) is 8.20. The number of nitrogens with zero attached hydrogens (tertiary/aromatic N) is 3. The summed E-state index contributed by atoms with van der Waals surface area (Å²) in [6.45, 7) is 5.87. The molecule has 4 rings (SSSR count). The number of para-hydroxylation sites is 1. The fourth-order valence-electron chi connectivity index (χ4n) is 4.14. The molecule has 7 heteroatoms. The summed E-state index contributed by atoms with van der Waals surface area (Å²) in [6.07, 6.45) is 3.56. The standard InChI is InChI=1S/C23H28N4O3/c1-16(2)25-22(28)13-17-7-8-21(24-14-17)26-11-9-19(10-12-26)27-20-6-4-3-5-18(20)15-30-23(27)29/h3-8,14,16,19H,9-13,15H2,1-2H3,(H,25,28). The Labute approximate surface area is 177 Å². The third-order valence-corrected chi connectivity index (χ3v) is 5.58. The number of cyclic esters (lactones) is 1. The van der Waals surface area contributed by atoms with E-state index in [1.54, 1.807) is 6.20 Å². The number of pyridine rings is 1. The van der Waals surface area contributed by atoms with E-state index in [1.165, 1.54) is 0 Å². The third-order valence-electron chi connectivity index (χ3n) is 5.58. The van der Waals surface area contributed by atoms with Crippen molar-refractivity contribution in [3.8, 4) is 0 Å². The van der Waals surface area contributed by atoms with Gasteiger partial charge in [-0.15, -0.1) is 0 Å². The number of carbonyl (C=O) groups excluding carboxylic acids is 2. The van der Waals surface area contributed by atoms with E-state index in [1.807, 2.05) is 55.1 Å². The van der Waals surface area contributed by atoms with E-state index in [-0.39, 0.29) is 24.1 Å². The summed E-state index contributed by atoms with van der Waals surface area (Å²) >= 11 is 0. The van der Waals surface area contributed by atoms with Gasteiger partial charge in [0.15, 0.2) is 0 Å². The zero-order valence-corrected chi connectivity index (χ0v) is 17.5. The van der Waals surface area contributed by atoms with Crippen molar-refractivity contribution in [1.82, 2.24) is 10.3 Å². The smallest absolute Gasteiger partial charge is 0.414 e. The van der Waals surface area contributed by atoms with Crippen LogP contribution in [-0.2, 0) is 22.6 Å². The molecular formula is C23H28N4O3. The van der Waals surface area contributed by atoms with Crippen LogP contribution in [0.2, 0.25) is 0 Å². The van der Waals surface area contributed by atoms with Crippen molar-refractivity contribution in [2.24, 2.45) is 0 Å². The van der Waals surface area contributed by atoms with Crippen LogP contribution in [0, 0.1) is 0 Å². The van der Waals surface area contributed by atoms with Gasteiger partial charge in [0, 0.05) is 36.9 Å². The zero-order valence-electron chi connectivity index (χ0n) is 17.5. The quantitative estimate of drug-likeness (QED) is 0.822. The van der Waals surface area contributed by atoms with E-state index < -0.39 is 0 Å². The fraction of sp³-hybridized carbons (Fsp3) is 0.435. The molecule has 1 aromatic heterocycles. The average molecular weight is 409 g/mol. The van der Waals surface area contributed by atoms with Gasteiger partial charge in [0.25, 0.3) is 0 Å². The number of carbonyl (C=O) groups is 2. The van der Waals surface area contributed by atoms with Crippen LogP contribution in [0.25, 0.3) is 0 Å². The van der Waals surface area contributed by atoms with Crippen molar-refractivity contribution in [3.63, 3.8) is 0 Å². The van der Waals surface area contributed by atoms with Gasteiger partial charge >= 0.3 is 6.09 Å². The van der Waals surface area contributed by atoms with Crippen LogP contribution in [0.5, 0.6) is 0 Å². The van der Waals surface area contributed by atoms with E-state index in [4.69, 9.17) is 4.74 Å². The van der Waals surface area contributed by atoms with Crippen LogP contribution < -0.4 is 15.1 Å². The maximum absolute atomic E-state index is 12.4. The molecule has 2 aliphatic rings. The summed E-state index contributed by atoms with van der Waals surface area (Å²) < 4.78 is 5.38. The normalized spacial score (nSPS) is 17.0. The highest BCUT2D eigenvalue weighted by atomic mass is 16.6. The molecule has 0 spiro atoms. The SMILES string of the molecule is CC(C)NC(=O)Cc1ccc(N2CCC(N3C(=O)OCc4ccccc43)CC2)nc1. The first-order valence-corrected chi connectivity index (χ1v) is 10.5. The van der Waals surface area contributed by atoms with Crippen molar-refractivity contribution < 1.29 is 14.3 Å². The number of amides is 2. The summed E-state index contributed by atoms with van der Waals surface area (Å²) in [5.41, 5.74) is 2.92. The topological polar surface area (TPSA) is 74.8 Å². The molecule has 1 aromatic carbocycles. The second kappa shape index (κ2) is 8.73. The number of rotatable bonds is 5. The Morgan fingerprint density at radius 3 is 2.67 bits per heavy atom. The number of aromatic nitrogens is 1. The fourth-order valence-corrected chi connectivity index (χ4v) is 4.14. The molecule has 1 fully saturated rings. The Balaban J connectivity index is 1.37. The molecule has 0 aliphatic carbocycles. The summed E-state index contributed by atoms with van der Waals surface area (Å²) in [4.78, 5) is 33.0. The number of nitrogens with one attached hydrogen (secondary N) is 1. The van der Waals surface area contributed by atoms with Crippen LogP contribution >= 0.6 is 0 Å². The van der Waals surface area contributed by atoms with Gasteiger partial charge in [-0.3, -0.25) is 9.69 Å². The first kappa shape index (κ1) is 20.2. The number of anilines is 2. The molecule has 158 valence electrons. The number of hydrogen-bond donors (Lipinski definition) is 1. The molecule has 7 nitrogen and oxygen atoms in total. The van der Waals surface area contributed by atoms with Crippen LogP contribution in [0.1, 0.15) is 37.8 Å². The predicted molar refractivity (Wildman–Crippen MR) is 116 cm³/mol. The van der Waals surface area contributed by atoms with Crippen LogP contribution in [0.3, 0.4) is 0 Å². The molecule has 0 saturated carbocycles. The number of piperidine rings is 1. The van der Waals surface area contributed by atoms with Gasteiger partial charge in [-0.05, 0) is 44.4 Å². The maximum atomic E-state index is 12.4. The monoisotopic (exact) mass is 408 g/mol. The van der Waals surface area contributed by atoms with Crippen LogP contribution in [-0.4, -0.2) is 42.2 Å². The Morgan fingerprint density at radius 1 is 1.20 bits per heavy atom. The molecule has 0 atom stereocenters. The van der Waals surface area contributed by atoms with E-state index >= 15 is 0 Å². The van der Waals surface area contributed by atoms with Crippen molar-refractivity contribution in [3.05, 3.63) is 53.7 Å². The number of benzene rings is 1. The molecule has 2 amide bonds. The highest BCUT2D eigenvalue weighted by Crippen LogP contribution is 2.32. The van der Waals surface area contributed by atoms with Crippen molar-refractivity contribution >= 4 is 23.5 Å². The molecule has 0 radical (unpaired) electrons. The highest BCUT2D eigenvalue weighted by Gasteiger charge is 2.34. The third kappa shape index (κ3) is 4.40. The first-order chi connectivity index (χ1) is 14.5. The van der Waals surface area contributed by atoms with Gasteiger partial charge in [-0.1, -0.05) is 24.3 Å². The summed E-state index contributed by atoms with van der Waals surface area (Å²) in [7, 11) is 0. The summed E-state index contributed by atoms with van der Waals surface area (Å²) in [5, 5.41) is 2.90. The zero-order chi connectivity index (χ0) is 21.1. The lowest BCUT2D eigenvalue weighted by Crippen LogP contribution is -2.49. The van der Waals surface area contributed by atoms with E-state index in [2.05, 4.69) is 15.2 Å². The largest absolute Gasteiger partial charge is 0.444 e. The van der Waals surface area contributed by atoms with Crippen molar-refractivity contribution in [2.45, 2.75) is 51.8 Å². The Kier molecular flexibility index (Phi) is 5.88. The molecular weight excluding hydrogens is 380 g/mol. The minimum atomic E-state index is -0.255. The molecule has 30 heavy (non-hydrogen) atoms. The van der Waals surface area contributed by atoms with E-state index in [0.29, 0.717) is 13.0 Å².